The molecular formula is C20H38I2N2. The van der Waals surface area contributed by atoms with Crippen LogP contribution in [-0.2, 0) is 0 Å². The van der Waals surface area contributed by atoms with Crippen molar-refractivity contribution in [2.24, 2.45) is 0 Å². The molecule has 2 nitrogen and oxygen atoms in total. The normalized spacial score (nSPS) is 10.4. The van der Waals surface area contributed by atoms with Gasteiger partial charge in [0.2, 0.25) is 0 Å². The molecule has 142 valence electrons. The fourth-order valence-electron chi connectivity index (χ4n) is 1.99. The van der Waals surface area contributed by atoms with Gasteiger partial charge in [-0.15, -0.1) is 0 Å². The van der Waals surface area contributed by atoms with Crippen LogP contribution in [0.15, 0.2) is 0 Å². The van der Waals surface area contributed by atoms with Crippen LogP contribution in [0.3, 0.4) is 0 Å². The van der Waals surface area contributed by atoms with E-state index in [-0.39, 0.29) is 48.0 Å². The first-order valence-electron chi connectivity index (χ1n) is 9.03. The zero-order valence-corrected chi connectivity index (χ0v) is 21.0. The highest BCUT2D eigenvalue weighted by Crippen LogP contribution is 2.01. The highest BCUT2D eigenvalue weighted by atomic mass is 127. The van der Waals surface area contributed by atoms with Crippen LogP contribution in [0.4, 0.5) is 0 Å². The lowest BCUT2D eigenvalue weighted by Gasteiger charge is -2.29. The van der Waals surface area contributed by atoms with Gasteiger partial charge in [-0.25, -0.2) is 0 Å². The predicted molar refractivity (Wildman–Crippen MR) is 98.3 cm³/mol. The Hall–Kier alpha value is 0.500. The average molecular weight is 560 g/mol. The summed E-state index contributed by atoms with van der Waals surface area (Å²) in [6.45, 7) is 15.6. The Balaban J connectivity index is -0.00000220. The van der Waals surface area contributed by atoms with Gasteiger partial charge in [-0.1, -0.05) is 11.8 Å². The molecule has 0 saturated heterocycles. The second kappa shape index (κ2) is 16.9. The molecule has 0 amide bonds. The van der Waals surface area contributed by atoms with E-state index in [2.05, 4.69) is 65.5 Å². The van der Waals surface area contributed by atoms with Gasteiger partial charge in [-0.2, -0.15) is 0 Å². The van der Waals surface area contributed by atoms with E-state index in [0.29, 0.717) is 0 Å². The number of halogens is 2. The van der Waals surface area contributed by atoms with E-state index in [9.17, 15) is 0 Å². The Morgan fingerprint density at radius 3 is 1.08 bits per heavy atom. The lowest BCUT2D eigenvalue weighted by atomic mass is 10.2. The van der Waals surface area contributed by atoms with Crippen molar-refractivity contribution in [2.45, 2.75) is 53.4 Å². The summed E-state index contributed by atoms with van der Waals surface area (Å²) < 4.78 is 2.12. The van der Waals surface area contributed by atoms with Crippen molar-refractivity contribution in [3.8, 4) is 23.7 Å². The van der Waals surface area contributed by atoms with Crippen LogP contribution in [0.5, 0.6) is 0 Å². The van der Waals surface area contributed by atoms with Crippen LogP contribution in [0.1, 0.15) is 53.4 Å². The number of hydrogen-bond donors (Lipinski definition) is 0. The van der Waals surface area contributed by atoms with E-state index in [1.54, 1.807) is 0 Å². The minimum Gasteiger partial charge on any atom is -1.00 e. The molecule has 0 fully saturated rings. The number of quaternary nitrogens is 2. The van der Waals surface area contributed by atoms with Crippen LogP contribution in [-0.4, -0.2) is 62.3 Å². The molecule has 0 radical (unpaired) electrons. The van der Waals surface area contributed by atoms with E-state index in [1.165, 1.54) is 12.8 Å². The first-order chi connectivity index (χ1) is 10.4. The van der Waals surface area contributed by atoms with E-state index < -0.39 is 0 Å². The van der Waals surface area contributed by atoms with E-state index >= 15 is 0 Å². The van der Waals surface area contributed by atoms with Crippen LogP contribution in [0, 0.1) is 23.7 Å². The molecule has 0 rings (SSSR count). The van der Waals surface area contributed by atoms with Crippen molar-refractivity contribution in [1.29, 1.82) is 0 Å². The number of nitrogens with zero attached hydrogens (tertiary/aromatic N) is 2. The summed E-state index contributed by atoms with van der Waals surface area (Å²) in [6, 6.07) is 0. The van der Waals surface area contributed by atoms with Gasteiger partial charge in [-0.3, -0.25) is 0 Å². The summed E-state index contributed by atoms with van der Waals surface area (Å²) >= 11 is 0. The smallest absolute Gasteiger partial charge is 0.140 e. The molecular weight excluding hydrogens is 522 g/mol. The van der Waals surface area contributed by atoms with Crippen molar-refractivity contribution in [1.82, 2.24) is 0 Å². The van der Waals surface area contributed by atoms with Gasteiger partial charge in [0, 0.05) is 12.8 Å². The van der Waals surface area contributed by atoms with Gasteiger partial charge in [0.25, 0.3) is 0 Å². The minimum atomic E-state index is 0. The molecule has 0 heterocycles. The topological polar surface area (TPSA) is 0 Å². The molecule has 24 heavy (non-hydrogen) atoms. The summed E-state index contributed by atoms with van der Waals surface area (Å²) in [5, 5.41) is 0. The van der Waals surface area contributed by atoms with Gasteiger partial charge in [0.1, 0.15) is 13.1 Å². The fourth-order valence-corrected chi connectivity index (χ4v) is 1.99. The Kier molecular flexibility index (Phi) is 20.7. The predicted octanol–water partition coefficient (Wildman–Crippen LogP) is -2.47. The van der Waals surface area contributed by atoms with Gasteiger partial charge in [0.15, 0.2) is 0 Å². The Labute approximate surface area is 186 Å². The lowest BCUT2D eigenvalue weighted by Crippen LogP contribution is -3.00. The largest absolute Gasteiger partial charge is 1.00 e. The number of hydrogen-bond acceptors (Lipinski definition) is 0. The quantitative estimate of drug-likeness (QED) is 0.127. The van der Waals surface area contributed by atoms with Crippen molar-refractivity contribution < 1.29 is 56.9 Å². The third kappa shape index (κ3) is 13.8. The summed E-state index contributed by atoms with van der Waals surface area (Å²) in [5.74, 6) is 13.3. The third-order valence-electron chi connectivity index (χ3n) is 5.08. The zero-order chi connectivity index (χ0) is 16.9. The number of unbranched alkanes of at least 4 members (excludes halogenated alkanes) is 3. The van der Waals surface area contributed by atoms with Crippen LogP contribution < -0.4 is 48.0 Å². The molecule has 0 bridgehead atoms. The SMILES string of the molecule is CC[N+](C)(CC)CC#CCCCCC#CC[N+](C)(CC)CC.[I-].[I-]. The molecule has 4 heteroatoms. The molecule has 0 aliphatic heterocycles. The Morgan fingerprint density at radius 1 is 0.542 bits per heavy atom. The number of rotatable bonds is 9. The molecule has 0 spiro atoms. The maximum atomic E-state index is 3.35. The van der Waals surface area contributed by atoms with E-state index in [0.717, 1.165) is 61.1 Å². The fraction of sp³-hybridized carbons (Fsp3) is 0.800. The monoisotopic (exact) mass is 560 g/mol. The standard InChI is InChI=1S/C20H38N2.2HI/c1-7-21(5,8-2)19-17-15-13-11-12-14-16-18-20-22(6,9-3)10-4;;/h7-14,19-20H2,1-6H3;2*1H/q+2;;/p-2. The second-order valence-electron chi connectivity index (χ2n) is 6.73. The molecule has 0 atom stereocenters. The van der Waals surface area contributed by atoms with Crippen molar-refractivity contribution in [2.75, 3.05) is 53.4 Å². The molecule has 0 aromatic heterocycles. The molecule has 0 unspecified atom stereocenters. The van der Waals surface area contributed by atoms with Crippen molar-refractivity contribution >= 4 is 0 Å². The first-order valence-corrected chi connectivity index (χ1v) is 9.03. The second-order valence-corrected chi connectivity index (χ2v) is 6.73. The van der Waals surface area contributed by atoms with Gasteiger partial charge in [0.05, 0.1) is 40.3 Å². The maximum absolute atomic E-state index is 3.35. The zero-order valence-electron chi connectivity index (χ0n) is 16.7. The van der Waals surface area contributed by atoms with Crippen molar-refractivity contribution in [3.05, 3.63) is 0 Å². The molecule has 0 aromatic rings. The van der Waals surface area contributed by atoms with Gasteiger partial charge >= 0.3 is 0 Å². The van der Waals surface area contributed by atoms with Crippen LogP contribution >= 0.6 is 0 Å². The van der Waals surface area contributed by atoms with Gasteiger partial charge < -0.3 is 56.9 Å². The van der Waals surface area contributed by atoms with Gasteiger partial charge in [-0.05, 0) is 52.4 Å². The minimum absolute atomic E-state index is 0. The molecule has 0 aliphatic rings. The summed E-state index contributed by atoms with van der Waals surface area (Å²) in [4.78, 5) is 0. The van der Waals surface area contributed by atoms with Crippen molar-refractivity contribution in [3.63, 3.8) is 0 Å². The maximum Gasteiger partial charge on any atom is 0.140 e. The average Bonchev–Trinajstić information content (AvgIpc) is 2.56. The molecule has 0 N–H and O–H groups in total. The highest BCUT2D eigenvalue weighted by molar-refractivity contribution is 5.01. The van der Waals surface area contributed by atoms with E-state index in [4.69, 9.17) is 0 Å². The first kappa shape index (κ1) is 29.3. The highest BCUT2D eigenvalue weighted by Gasteiger charge is 2.13. The molecule has 0 aromatic carbocycles. The van der Waals surface area contributed by atoms with Crippen LogP contribution in [0.2, 0.25) is 0 Å². The lowest BCUT2D eigenvalue weighted by molar-refractivity contribution is -0.899. The summed E-state index contributed by atoms with van der Waals surface area (Å²) in [7, 11) is 4.56. The Bertz CT molecular complexity index is 365. The molecule has 0 aliphatic carbocycles. The van der Waals surface area contributed by atoms with E-state index in [1.807, 2.05) is 0 Å². The summed E-state index contributed by atoms with van der Waals surface area (Å²) in [5.41, 5.74) is 0. The third-order valence-corrected chi connectivity index (χ3v) is 5.08. The Morgan fingerprint density at radius 2 is 0.833 bits per heavy atom. The summed E-state index contributed by atoms with van der Waals surface area (Å²) in [6.07, 6.45) is 4.40. The molecule has 0 saturated carbocycles. The van der Waals surface area contributed by atoms with Crippen LogP contribution in [0.25, 0.3) is 0 Å².